The summed E-state index contributed by atoms with van der Waals surface area (Å²) in [5.41, 5.74) is 4.89. The second-order valence-corrected chi connectivity index (χ2v) is 6.85. The molecule has 1 amide bonds. The van der Waals surface area contributed by atoms with Crippen LogP contribution in [0.5, 0.6) is 0 Å². The van der Waals surface area contributed by atoms with Crippen LogP contribution in [0.2, 0.25) is 0 Å². The molecule has 148 valence electrons. The summed E-state index contributed by atoms with van der Waals surface area (Å²) < 4.78 is 0. The summed E-state index contributed by atoms with van der Waals surface area (Å²) in [5.74, 6) is 0.585. The molecule has 0 atom stereocenters. The highest BCUT2D eigenvalue weighted by Crippen LogP contribution is 2.29. The number of pyridine rings is 1. The maximum atomic E-state index is 13.0. The summed E-state index contributed by atoms with van der Waals surface area (Å²) in [6.07, 6.45) is 4.93. The number of nitrogens with one attached hydrogen (secondary N) is 1. The highest BCUT2D eigenvalue weighted by molar-refractivity contribution is 6.06. The quantitative estimate of drug-likeness (QED) is 0.522. The predicted molar refractivity (Wildman–Crippen MR) is 119 cm³/mol. The molecule has 0 unspecified atom stereocenters. The number of amides is 1. The first-order valence-corrected chi connectivity index (χ1v) is 9.55. The third-order valence-electron chi connectivity index (χ3n) is 4.85. The van der Waals surface area contributed by atoms with Gasteiger partial charge < -0.3 is 10.2 Å². The Kier molecular flexibility index (Phi) is 5.48. The monoisotopic (exact) mass is 395 g/mol. The van der Waals surface area contributed by atoms with Gasteiger partial charge in [-0.3, -0.25) is 4.79 Å². The van der Waals surface area contributed by atoms with E-state index in [0.717, 1.165) is 28.2 Å². The molecule has 2 aromatic heterocycles. The fourth-order valence-electron chi connectivity index (χ4n) is 3.14. The van der Waals surface area contributed by atoms with Crippen molar-refractivity contribution in [2.75, 3.05) is 17.3 Å². The average molecular weight is 395 g/mol. The standard InChI is InChI=1S/C24H21N5O/c1-17-10-11-18(24(30)29(2)19-7-4-3-5-8-19)15-22(17)28-23-20(9-6-13-26-23)21-12-14-25-16-27-21/h3-16H,1-2H3,(H,26,28). The van der Waals surface area contributed by atoms with Gasteiger partial charge in [-0.15, -0.1) is 0 Å². The highest BCUT2D eigenvalue weighted by Gasteiger charge is 2.15. The third-order valence-corrected chi connectivity index (χ3v) is 4.85. The molecule has 0 aliphatic heterocycles. The van der Waals surface area contributed by atoms with Crippen LogP contribution in [0.1, 0.15) is 15.9 Å². The lowest BCUT2D eigenvalue weighted by atomic mass is 10.1. The fraction of sp³-hybridized carbons (Fsp3) is 0.0833. The van der Waals surface area contributed by atoms with E-state index in [4.69, 9.17) is 0 Å². The van der Waals surface area contributed by atoms with Crippen molar-refractivity contribution in [1.29, 1.82) is 0 Å². The number of carbonyl (C=O) groups excluding carboxylic acids is 1. The Labute approximate surface area is 175 Å². The maximum absolute atomic E-state index is 13.0. The number of aromatic nitrogens is 3. The number of nitrogens with zero attached hydrogens (tertiary/aromatic N) is 4. The van der Waals surface area contributed by atoms with Crippen molar-refractivity contribution in [2.24, 2.45) is 0 Å². The van der Waals surface area contributed by atoms with E-state index < -0.39 is 0 Å². The summed E-state index contributed by atoms with van der Waals surface area (Å²) >= 11 is 0. The van der Waals surface area contributed by atoms with Gasteiger partial charge in [0.15, 0.2) is 0 Å². The molecule has 0 saturated carbocycles. The van der Waals surface area contributed by atoms with Gasteiger partial charge in [0.05, 0.1) is 5.69 Å². The molecule has 2 heterocycles. The molecule has 0 fully saturated rings. The van der Waals surface area contributed by atoms with Crippen LogP contribution in [0, 0.1) is 6.92 Å². The number of carbonyl (C=O) groups is 1. The molecule has 4 aromatic rings. The van der Waals surface area contributed by atoms with Gasteiger partial charge >= 0.3 is 0 Å². The smallest absolute Gasteiger partial charge is 0.258 e. The Morgan fingerprint density at radius 2 is 1.77 bits per heavy atom. The van der Waals surface area contributed by atoms with Gasteiger partial charge in [0.25, 0.3) is 5.91 Å². The Balaban J connectivity index is 1.65. The average Bonchev–Trinajstić information content (AvgIpc) is 2.81. The molecule has 0 radical (unpaired) electrons. The Bertz CT molecular complexity index is 1160. The van der Waals surface area contributed by atoms with Crippen LogP contribution in [0.25, 0.3) is 11.3 Å². The van der Waals surface area contributed by atoms with Crippen LogP contribution in [0.3, 0.4) is 0 Å². The number of anilines is 3. The molecule has 0 spiro atoms. The molecular weight excluding hydrogens is 374 g/mol. The van der Waals surface area contributed by atoms with Crippen LogP contribution in [-0.4, -0.2) is 27.9 Å². The van der Waals surface area contributed by atoms with Crippen molar-refractivity contribution >= 4 is 23.1 Å². The van der Waals surface area contributed by atoms with Gasteiger partial charge in [-0.05, 0) is 55.0 Å². The molecule has 1 N–H and O–H groups in total. The van der Waals surface area contributed by atoms with E-state index in [9.17, 15) is 4.79 Å². The van der Waals surface area contributed by atoms with E-state index in [1.807, 2.05) is 73.7 Å². The Morgan fingerprint density at radius 3 is 2.53 bits per heavy atom. The molecule has 0 saturated heterocycles. The van der Waals surface area contributed by atoms with Gasteiger partial charge in [-0.2, -0.15) is 0 Å². The first-order valence-electron chi connectivity index (χ1n) is 9.55. The lowest BCUT2D eigenvalue weighted by molar-refractivity contribution is 0.0993. The second-order valence-electron chi connectivity index (χ2n) is 6.85. The molecular formula is C24H21N5O. The van der Waals surface area contributed by atoms with Crippen molar-refractivity contribution in [3.05, 3.63) is 96.6 Å². The number of hydrogen-bond donors (Lipinski definition) is 1. The molecule has 4 rings (SSSR count). The van der Waals surface area contributed by atoms with E-state index in [2.05, 4.69) is 20.3 Å². The van der Waals surface area contributed by atoms with E-state index >= 15 is 0 Å². The fourth-order valence-corrected chi connectivity index (χ4v) is 3.14. The summed E-state index contributed by atoms with van der Waals surface area (Å²) in [6.45, 7) is 1.99. The van der Waals surface area contributed by atoms with E-state index in [1.54, 1.807) is 24.3 Å². The van der Waals surface area contributed by atoms with Crippen LogP contribution >= 0.6 is 0 Å². The molecule has 0 aliphatic rings. The number of benzene rings is 2. The number of rotatable bonds is 5. The summed E-state index contributed by atoms with van der Waals surface area (Å²) in [7, 11) is 1.77. The van der Waals surface area contributed by atoms with Crippen LogP contribution in [0.15, 0.2) is 85.5 Å². The minimum atomic E-state index is -0.0821. The van der Waals surface area contributed by atoms with Gasteiger partial charge in [-0.25, -0.2) is 15.0 Å². The minimum absolute atomic E-state index is 0.0821. The lowest BCUT2D eigenvalue weighted by Crippen LogP contribution is -2.26. The zero-order valence-electron chi connectivity index (χ0n) is 16.8. The van der Waals surface area contributed by atoms with Crippen molar-refractivity contribution in [2.45, 2.75) is 6.92 Å². The number of hydrogen-bond acceptors (Lipinski definition) is 5. The summed E-state index contributed by atoms with van der Waals surface area (Å²) in [4.78, 5) is 27.4. The Morgan fingerprint density at radius 1 is 0.933 bits per heavy atom. The first-order chi connectivity index (χ1) is 14.6. The molecule has 0 aliphatic carbocycles. The van der Waals surface area contributed by atoms with E-state index in [0.29, 0.717) is 11.4 Å². The molecule has 0 bridgehead atoms. The van der Waals surface area contributed by atoms with Crippen LogP contribution in [-0.2, 0) is 0 Å². The van der Waals surface area contributed by atoms with Gasteiger partial charge in [0, 0.05) is 41.9 Å². The highest BCUT2D eigenvalue weighted by atomic mass is 16.2. The van der Waals surface area contributed by atoms with E-state index in [1.165, 1.54) is 6.33 Å². The first kappa shape index (κ1) is 19.3. The summed E-state index contributed by atoms with van der Waals surface area (Å²) in [5, 5.41) is 3.37. The van der Waals surface area contributed by atoms with Gasteiger partial charge in [0.1, 0.15) is 12.1 Å². The predicted octanol–water partition coefficient (Wildman–Crippen LogP) is 4.87. The molecule has 30 heavy (non-hydrogen) atoms. The van der Waals surface area contributed by atoms with E-state index in [-0.39, 0.29) is 5.91 Å². The molecule has 6 heteroatoms. The van der Waals surface area contributed by atoms with Crippen LogP contribution < -0.4 is 10.2 Å². The second kappa shape index (κ2) is 8.53. The largest absolute Gasteiger partial charge is 0.339 e. The number of para-hydroxylation sites is 1. The topological polar surface area (TPSA) is 71.0 Å². The Hall–Kier alpha value is -4.06. The van der Waals surface area contributed by atoms with Crippen molar-refractivity contribution in [3.8, 4) is 11.3 Å². The third kappa shape index (κ3) is 4.03. The number of aryl methyl sites for hydroxylation is 1. The van der Waals surface area contributed by atoms with Crippen molar-refractivity contribution < 1.29 is 4.79 Å². The zero-order chi connectivity index (χ0) is 20.9. The van der Waals surface area contributed by atoms with Crippen molar-refractivity contribution in [1.82, 2.24) is 15.0 Å². The van der Waals surface area contributed by atoms with Crippen LogP contribution in [0.4, 0.5) is 17.2 Å². The SMILES string of the molecule is Cc1ccc(C(=O)N(C)c2ccccc2)cc1Nc1ncccc1-c1ccncn1. The van der Waals surface area contributed by atoms with Gasteiger partial charge in [-0.1, -0.05) is 24.3 Å². The normalized spacial score (nSPS) is 10.5. The minimum Gasteiger partial charge on any atom is -0.339 e. The van der Waals surface area contributed by atoms with Gasteiger partial charge in [0.2, 0.25) is 0 Å². The molecule has 2 aromatic carbocycles. The molecule has 6 nitrogen and oxygen atoms in total. The zero-order valence-corrected chi connectivity index (χ0v) is 16.8. The lowest BCUT2D eigenvalue weighted by Gasteiger charge is -2.19. The summed E-state index contributed by atoms with van der Waals surface area (Å²) in [6, 6.07) is 20.9. The maximum Gasteiger partial charge on any atom is 0.258 e. The van der Waals surface area contributed by atoms with Crippen molar-refractivity contribution in [3.63, 3.8) is 0 Å².